The van der Waals surface area contributed by atoms with Gasteiger partial charge in [-0.2, -0.15) is 4.98 Å². The molecular weight excluding hydrogens is 378 g/mol. The highest BCUT2D eigenvalue weighted by atomic mass is 32.2. The molecule has 0 spiro atoms. The van der Waals surface area contributed by atoms with Crippen LogP contribution in [-0.4, -0.2) is 75.9 Å². The van der Waals surface area contributed by atoms with Crippen LogP contribution < -0.4 is 10.1 Å². The van der Waals surface area contributed by atoms with Gasteiger partial charge in [0.25, 0.3) is 0 Å². The molecule has 0 aliphatic heterocycles. The average Bonchev–Trinajstić information content (AvgIpc) is 2.54. The zero-order valence-electron chi connectivity index (χ0n) is 16.1. The SMILES string of the molecule is CC(C)(C)OC(=O)NCCOCCOCCOc1ccnc(S(C)(=O)=O)n1. The molecule has 1 amide bonds. The number of aromatic nitrogens is 2. The Kier molecular flexibility index (Phi) is 9.39. The van der Waals surface area contributed by atoms with Crippen molar-refractivity contribution in [2.24, 2.45) is 0 Å². The van der Waals surface area contributed by atoms with E-state index in [2.05, 4.69) is 15.3 Å². The van der Waals surface area contributed by atoms with Crippen LogP contribution in [0.4, 0.5) is 4.79 Å². The third-order valence-corrected chi connectivity index (χ3v) is 3.56. The van der Waals surface area contributed by atoms with E-state index in [0.717, 1.165) is 6.26 Å². The van der Waals surface area contributed by atoms with Crippen molar-refractivity contribution < 1.29 is 32.2 Å². The van der Waals surface area contributed by atoms with Gasteiger partial charge in [-0.3, -0.25) is 0 Å². The highest BCUT2D eigenvalue weighted by Gasteiger charge is 2.15. The molecule has 0 saturated carbocycles. The molecule has 1 N–H and O–H groups in total. The van der Waals surface area contributed by atoms with E-state index in [1.54, 1.807) is 20.8 Å². The van der Waals surface area contributed by atoms with E-state index in [9.17, 15) is 13.2 Å². The molecule has 11 heteroatoms. The van der Waals surface area contributed by atoms with Gasteiger partial charge in [0.1, 0.15) is 12.2 Å². The van der Waals surface area contributed by atoms with E-state index in [0.29, 0.717) is 26.4 Å². The van der Waals surface area contributed by atoms with Crippen LogP contribution in [0.1, 0.15) is 20.8 Å². The van der Waals surface area contributed by atoms with Crippen molar-refractivity contribution in [3.05, 3.63) is 12.3 Å². The first-order valence-electron chi connectivity index (χ1n) is 8.36. The number of nitrogens with one attached hydrogen (secondary N) is 1. The molecule has 1 rings (SSSR count). The lowest BCUT2D eigenvalue weighted by Gasteiger charge is -2.19. The summed E-state index contributed by atoms with van der Waals surface area (Å²) in [5, 5.41) is 2.30. The van der Waals surface area contributed by atoms with Crippen LogP contribution in [-0.2, 0) is 24.0 Å². The van der Waals surface area contributed by atoms with Crippen LogP contribution >= 0.6 is 0 Å². The zero-order valence-corrected chi connectivity index (χ0v) is 16.9. The van der Waals surface area contributed by atoms with Gasteiger partial charge >= 0.3 is 6.09 Å². The Bertz CT molecular complexity index is 689. The van der Waals surface area contributed by atoms with Gasteiger partial charge in [-0.05, 0) is 20.8 Å². The van der Waals surface area contributed by atoms with Crippen LogP contribution in [0, 0.1) is 0 Å². The van der Waals surface area contributed by atoms with Crippen molar-refractivity contribution >= 4 is 15.9 Å². The summed E-state index contributed by atoms with van der Waals surface area (Å²) in [4.78, 5) is 18.9. The van der Waals surface area contributed by atoms with E-state index in [1.165, 1.54) is 12.3 Å². The third kappa shape index (κ3) is 11.4. The van der Waals surface area contributed by atoms with Gasteiger partial charge in [0.15, 0.2) is 0 Å². The number of sulfone groups is 1. The van der Waals surface area contributed by atoms with Gasteiger partial charge in [0, 0.05) is 25.1 Å². The summed E-state index contributed by atoms with van der Waals surface area (Å²) in [5.74, 6) is 0.165. The van der Waals surface area contributed by atoms with Crippen LogP contribution in [0.25, 0.3) is 0 Å². The highest BCUT2D eigenvalue weighted by molar-refractivity contribution is 7.90. The minimum Gasteiger partial charge on any atom is -0.475 e. The molecule has 1 aromatic rings. The van der Waals surface area contributed by atoms with Crippen molar-refractivity contribution in [3.63, 3.8) is 0 Å². The molecule has 27 heavy (non-hydrogen) atoms. The molecule has 0 radical (unpaired) electrons. The van der Waals surface area contributed by atoms with Crippen molar-refractivity contribution in [1.29, 1.82) is 0 Å². The monoisotopic (exact) mass is 405 g/mol. The van der Waals surface area contributed by atoms with E-state index in [4.69, 9.17) is 18.9 Å². The molecule has 0 aliphatic rings. The lowest BCUT2D eigenvalue weighted by atomic mass is 10.2. The summed E-state index contributed by atoms with van der Waals surface area (Å²) in [6, 6.07) is 1.47. The average molecular weight is 405 g/mol. The number of hydrogen-bond acceptors (Lipinski definition) is 9. The topological polar surface area (TPSA) is 126 Å². The van der Waals surface area contributed by atoms with E-state index >= 15 is 0 Å². The van der Waals surface area contributed by atoms with E-state index < -0.39 is 21.5 Å². The Balaban J connectivity index is 2.03. The number of nitrogens with zero attached hydrogens (tertiary/aromatic N) is 2. The van der Waals surface area contributed by atoms with Gasteiger partial charge in [-0.25, -0.2) is 18.2 Å². The largest absolute Gasteiger partial charge is 0.475 e. The smallest absolute Gasteiger partial charge is 0.407 e. The quantitative estimate of drug-likeness (QED) is 0.420. The number of rotatable bonds is 11. The molecule has 10 nitrogen and oxygen atoms in total. The van der Waals surface area contributed by atoms with Crippen LogP contribution in [0.5, 0.6) is 5.88 Å². The van der Waals surface area contributed by atoms with Crippen molar-refractivity contribution in [2.75, 3.05) is 45.8 Å². The summed E-state index contributed by atoms with van der Waals surface area (Å²) in [6.45, 7) is 7.27. The van der Waals surface area contributed by atoms with Gasteiger partial charge in [0.05, 0.1) is 26.4 Å². The molecule has 0 saturated heterocycles. The summed E-state index contributed by atoms with van der Waals surface area (Å²) in [7, 11) is -3.47. The molecule has 0 fully saturated rings. The van der Waals surface area contributed by atoms with Crippen molar-refractivity contribution in [3.8, 4) is 5.88 Å². The van der Waals surface area contributed by atoms with Gasteiger partial charge in [0.2, 0.25) is 20.9 Å². The van der Waals surface area contributed by atoms with Crippen LogP contribution in [0.15, 0.2) is 17.4 Å². The Morgan fingerprint density at radius 3 is 2.37 bits per heavy atom. The molecule has 0 aliphatic carbocycles. The summed E-state index contributed by atoms with van der Waals surface area (Å²) in [5.41, 5.74) is -0.529. The minimum atomic E-state index is -3.47. The Morgan fingerprint density at radius 1 is 1.11 bits per heavy atom. The van der Waals surface area contributed by atoms with E-state index in [1.807, 2.05) is 0 Å². The second kappa shape index (κ2) is 11.0. The van der Waals surface area contributed by atoms with Gasteiger partial charge < -0.3 is 24.3 Å². The highest BCUT2D eigenvalue weighted by Crippen LogP contribution is 2.08. The fraction of sp³-hybridized carbons (Fsp3) is 0.688. The first kappa shape index (κ1) is 23.1. The molecule has 154 valence electrons. The first-order valence-corrected chi connectivity index (χ1v) is 10.3. The number of alkyl carbamates (subject to hydrolysis) is 1. The lowest BCUT2D eigenvalue weighted by molar-refractivity contribution is 0.0323. The zero-order chi connectivity index (χ0) is 20.3. The summed E-state index contributed by atoms with van der Waals surface area (Å²) < 4.78 is 43.7. The predicted molar refractivity (Wildman–Crippen MR) is 96.5 cm³/mol. The number of hydrogen-bond donors (Lipinski definition) is 1. The maximum Gasteiger partial charge on any atom is 0.407 e. The van der Waals surface area contributed by atoms with Gasteiger partial charge in [-0.1, -0.05) is 0 Å². The standard InChI is InChI=1S/C16H27N3O7S/c1-16(2,3)26-15(20)18-7-8-23-9-10-24-11-12-25-13-5-6-17-14(19-13)27(4,21)22/h5-6H,7-12H2,1-4H3,(H,18,20). The normalized spacial score (nSPS) is 11.9. The van der Waals surface area contributed by atoms with Crippen molar-refractivity contribution in [1.82, 2.24) is 15.3 Å². The first-order chi connectivity index (χ1) is 12.6. The Labute approximate surface area is 159 Å². The van der Waals surface area contributed by atoms with Crippen molar-refractivity contribution in [2.45, 2.75) is 31.5 Å². The third-order valence-electron chi connectivity index (χ3n) is 2.70. The molecule has 0 unspecified atom stereocenters. The van der Waals surface area contributed by atoms with E-state index in [-0.39, 0.29) is 24.3 Å². The van der Waals surface area contributed by atoms with Gasteiger partial charge in [-0.15, -0.1) is 0 Å². The Morgan fingerprint density at radius 2 is 1.74 bits per heavy atom. The maximum atomic E-state index is 11.4. The molecule has 0 bridgehead atoms. The fourth-order valence-electron chi connectivity index (χ4n) is 1.65. The minimum absolute atomic E-state index is 0.165. The molecule has 0 aromatic carbocycles. The number of amides is 1. The molecule has 0 atom stereocenters. The molecule has 1 heterocycles. The van der Waals surface area contributed by atoms with Crippen LogP contribution in [0.3, 0.4) is 0 Å². The predicted octanol–water partition coefficient (Wildman–Crippen LogP) is 0.817. The van der Waals surface area contributed by atoms with Crippen LogP contribution in [0.2, 0.25) is 0 Å². The lowest BCUT2D eigenvalue weighted by Crippen LogP contribution is -2.34. The molecule has 1 aromatic heterocycles. The number of ether oxygens (including phenoxy) is 4. The number of carbonyl (C=O) groups excluding carboxylic acids is 1. The summed E-state index contributed by atoms with van der Waals surface area (Å²) in [6.07, 6.45) is 1.86. The second-order valence-corrected chi connectivity index (χ2v) is 8.36. The maximum absolute atomic E-state index is 11.4. The fourth-order valence-corrected chi connectivity index (χ4v) is 2.16. The second-order valence-electron chi connectivity index (χ2n) is 6.45. The Hall–Kier alpha value is -1.98. The number of carbonyl (C=O) groups is 1. The molecular formula is C16H27N3O7S. The summed E-state index contributed by atoms with van der Waals surface area (Å²) >= 11 is 0.